The Morgan fingerprint density at radius 3 is 1.29 bits per heavy atom. The number of halogens is 5. The molecule has 0 fully saturated rings. The Kier molecular flexibility index (Phi) is 14.1. The van der Waals surface area contributed by atoms with Gasteiger partial charge in [-0.3, -0.25) is 4.79 Å². The van der Waals surface area contributed by atoms with Crippen molar-refractivity contribution in [3.8, 4) is 0 Å². The maximum absolute atomic E-state index is 10.6. The van der Waals surface area contributed by atoms with Crippen LogP contribution in [0.5, 0.6) is 0 Å². The first-order valence-corrected chi connectivity index (χ1v) is 3.78. The van der Waals surface area contributed by atoms with Crippen LogP contribution < -0.4 is 0 Å². The fourth-order valence-electron chi connectivity index (χ4n) is 0. The second-order valence-electron chi connectivity index (χ2n) is 1.42. The minimum Gasteiger partial charge on any atom is -0.481 e. The number of carboxylic acids is 2. The molecular formula is C5H7Cl2F3O4. The van der Waals surface area contributed by atoms with Gasteiger partial charge < -0.3 is 10.2 Å². The Morgan fingerprint density at radius 1 is 1.21 bits per heavy atom. The van der Waals surface area contributed by atoms with Gasteiger partial charge in [-0.15, -0.1) is 23.2 Å². The van der Waals surface area contributed by atoms with E-state index < -0.39 is 18.1 Å². The molecular weight excluding hydrogens is 252 g/mol. The van der Waals surface area contributed by atoms with Crippen LogP contribution in [-0.2, 0) is 9.59 Å². The van der Waals surface area contributed by atoms with Crippen LogP contribution in [0.3, 0.4) is 0 Å². The molecule has 0 unspecified atom stereocenters. The van der Waals surface area contributed by atoms with E-state index in [0.29, 0.717) is 0 Å². The molecule has 14 heavy (non-hydrogen) atoms. The van der Waals surface area contributed by atoms with Crippen LogP contribution >= 0.6 is 23.2 Å². The molecule has 0 heterocycles. The average Bonchev–Trinajstić information content (AvgIpc) is 1.84. The molecule has 0 radical (unpaired) electrons. The monoisotopic (exact) mass is 258 g/mol. The lowest BCUT2D eigenvalue weighted by Gasteiger charge is -1.93. The van der Waals surface area contributed by atoms with E-state index in [-0.39, 0.29) is 5.34 Å². The molecule has 0 spiro atoms. The molecule has 0 aromatic carbocycles. The van der Waals surface area contributed by atoms with Crippen molar-refractivity contribution < 1.29 is 33.0 Å². The second kappa shape index (κ2) is 10.4. The van der Waals surface area contributed by atoms with E-state index in [9.17, 15) is 13.2 Å². The predicted molar refractivity (Wildman–Crippen MR) is 43.6 cm³/mol. The number of rotatable bonds is 0. The van der Waals surface area contributed by atoms with Gasteiger partial charge in [0.15, 0.2) is 0 Å². The number of hydrogen-bond acceptors (Lipinski definition) is 2. The Morgan fingerprint density at radius 2 is 1.29 bits per heavy atom. The molecule has 0 amide bonds. The van der Waals surface area contributed by atoms with E-state index in [1.165, 1.54) is 0 Å². The SMILES string of the molecule is CC(=O)O.ClCCl.O=C(O)C(F)(F)F. The smallest absolute Gasteiger partial charge is 0.481 e. The largest absolute Gasteiger partial charge is 0.490 e. The average molecular weight is 259 g/mol. The van der Waals surface area contributed by atoms with Gasteiger partial charge in [0.25, 0.3) is 5.97 Å². The first-order valence-electron chi connectivity index (χ1n) is 2.71. The molecule has 0 saturated carbocycles. The molecule has 2 N–H and O–H groups in total. The Labute approximate surface area is 87.2 Å². The van der Waals surface area contributed by atoms with Crippen molar-refractivity contribution in [2.45, 2.75) is 13.1 Å². The van der Waals surface area contributed by atoms with E-state index in [1.54, 1.807) is 0 Å². The highest BCUT2D eigenvalue weighted by Crippen LogP contribution is 2.13. The summed E-state index contributed by atoms with van der Waals surface area (Å²) >= 11 is 9.53. The number of carboxylic acid groups (broad SMARTS) is 2. The number of aliphatic carboxylic acids is 2. The Hall–Kier alpha value is -0.690. The van der Waals surface area contributed by atoms with Gasteiger partial charge in [0.2, 0.25) is 0 Å². The third-order valence-electron chi connectivity index (χ3n) is 0.243. The van der Waals surface area contributed by atoms with Crippen LogP contribution in [0.15, 0.2) is 0 Å². The third-order valence-corrected chi connectivity index (χ3v) is 0.243. The van der Waals surface area contributed by atoms with Gasteiger partial charge in [0, 0.05) is 6.92 Å². The minimum atomic E-state index is -5.08. The summed E-state index contributed by atoms with van der Waals surface area (Å²) < 4.78 is 31.7. The minimum absolute atomic E-state index is 0.194. The molecule has 0 aromatic rings. The maximum Gasteiger partial charge on any atom is 0.490 e. The molecule has 86 valence electrons. The van der Waals surface area contributed by atoms with Gasteiger partial charge in [-0.2, -0.15) is 13.2 Å². The lowest BCUT2D eigenvalue weighted by molar-refractivity contribution is -0.192. The third kappa shape index (κ3) is 42.6. The van der Waals surface area contributed by atoms with Gasteiger partial charge in [0.1, 0.15) is 0 Å². The second-order valence-corrected chi connectivity index (χ2v) is 2.23. The standard InChI is InChI=1S/C2HF3O2.C2H4O2.CH2Cl2/c3-2(4,5)1(6)7;1-2(3)4;2-1-3/h(H,6,7);1H3,(H,3,4);1H2. The van der Waals surface area contributed by atoms with Crippen LogP contribution in [0.25, 0.3) is 0 Å². The summed E-state index contributed by atoms with van der Waals surface area (Å²) in [6.07, 6.45) is -5.08. The fourth-order valence-corrected chi connectivity index (χ4v) is 0. The van der Waals surface area contributed by atoms with Crippen LogP contribution in [0.4, 0.5) is 13.2 Å². The zero-order valence-corrected chi connectivity index (χ0v) is 8.32. The molecule has 0 aliphatic rings. The highest BCUT2D eigenvalue weighted by molar-refractivity contribution is 6.40. The number of carbonyl (C=O) groups is 2. The summed E-state index contributed by atoms with van der Waals surface area (Å²) in [6.45, 7) is 1.08. The molecule has 0 saturated heterocycles. The highest BCUT2D eigenvalue weighted by Gasteiger charge is 2.38. The van der Waals surface area contributed by atoms with Crippen molar-refractivity contribution in [3.05, 3.63) is 0 Å². The van der Waals surface area contributed by atoms with E-state index in [2.05, 4.69) is 0 Å². The first-order chi connectivity index (χ1) is 6.09. The van der Waals surface area contributed by atoms with E-state index >= 15 is 0 Å². The van der Waals surface area contributed by atoms with Crippen LogP contribution in [-0.4, -0.2) is 33.7 Å². The van der Waals surface area contributed by atoms with E-state index in [4.69, 9.17) is 43.0 Å². The summed E-state index contributed by atoms with van der Waals surface area (Å²) in [5, 5.41) is 14.7. The quantitative estimate of drug-likeness (QED) is 0.653. The number of alkyl halides is 5. The van der Waals surface area contributed by atoms with Crippen molar-refractivity contribution in [2.24, 2.45) is 0 Å². The predicted octanol–water partition coefficient (Wildman–Crippen LogP) is 2.15. The van der Waals surface area contributed by atoms with Crippen molar-refractivity contribution in [2.75, 3.05) is 5.34 Å². The van der Waals surface area contributed by atoms with Gasteiger partial charge in [-0.25, -0.2) is 4.79 Å². The summed E-state index contributed by atoms with van der Waals surface area (Å²) in [5.74, 6) is -3.59. The fraction of sp³-hybridized carbons (Fsp3) is 0.600. The molecule has 4 nitrogen and oxygen atoms in total. The summed E-state index contributed by atoms with van der Waals surface area (Å²) in [5.41, 5.74) is 0. The van der Waals surface area contributed by atoms with Crippen LogP contribution in [0.2, 0.25) is 0 Å². The van der Waals surface area contributed by atoms with Gasteiger partial charge >= 0.3 is 12.1 Å². The Balaban J connectivity index is -0.000000147. The zero-order valence-electron chi connectivity index (χ0n) is 6.81. The van der Waals surface area contributed by atoms with Gasteiger partial charge in [-0.05, 0) is 0 Å². The van der Waals surface area contributed by atoms with Crippen LogP contribution in [0.1, 0.15) is 6.92 Å². The van der Waals surface area contributed by atoms with Crippen molar-refractivity contribution in [3.63, 3.8) is 0 Å². The van der Waals surface area contributed by atoms with E-state index in [0.717, 1.165) is 6.92 Å². The zero-order chi connectivity index (χ0) is 12.4. The molecule has 0 aliphatic carbocycles. The summed E-state index contributed by atoms with van der Waals surface area (Å²) in [7, 11) is 0. The molecule has 0 rings (SSSR count). The van der Waals surface area contributed by atoms with Crippen LogP contribution in [0, 0.1) is 0 Å². The molecule has 9 heteroatoms. The summed E-state index contributed by atoms with van der Waals surface area (Å²) in [4.78, 5) is 17.9. The van der Waals surface area contributed by atoms with Crippen molar-refractivity contribution >= 4 is 35.1 Å². The van der Waals surface area contributed by atoms with Crippen molar-refractivity contribution in [1.29, 1.82) is 0 Å². The molecule has 0 bridgehead atoms. The highest BCUT2D eigenvalue weighted by atomic mass is 35.5. The first kappa shape index (κ1) is 19.0. The molecule has 0 atom stereocenters. The Bertz CT molecular complexity index is 167. The maximum atomic E-state index is 10.6. The normalized spacial score (nSPS) is 8.71. The lowest BCUT2D eigenvalue weighted by Crippen LogP contribution is -2.21. The lowest BCUT2D eigenvalue weighted by atomic mass is 10.7. The van der Waals surface area contributed by atoms with Gasteiger partial charge in [0.05, 0.1) is 5.34 Å². The topological polar surface area (TPSA) is 74.6 Å². The van der Waals surface area contributed by atoms with Gasteiger partial charge in [-0.1, -0.05) is 0 Å². The van der Waals surface area contributed by atoms with Crippen molar-refractivity contribution in [1.82, 2.24) is 0 Å². The van der Waals surface area contributed by atoms with E-state index in [1.807, 2.05) is 0 Å². The summed E-state index contributed by atoms with van der Waals surface area (Å²) in [6, 6.07) is 0. The molecule has 0 aromatic heterocycles. The molecule has 0 aliphatic heterocycles. The number of hydrogen-bond donors (Lipinski definition) is 2.